The van der Waals surface area contributed by atoms with E-state index in [4.69, 9.17) is 0 Å². The summed E-state index contributed by atoms with van der Waals surface area (Å²) >= 11 is 7.90. The lowest BCUT2D eigenvalue weighted by Gasteiger charge is -1.90. The first-order valence-corrected chi connectivity index (χ1v) is 6.31. The van der Waals surface area contributed by atoms with Crippen LogP contribution in [0.2, 0.25) is 0 Å². The molecule has 0 atom stereocenters. The van der Waals surface area contributed by atoms with Crippen LogP contribution in [0.1, 0.15) is 52.4 Å². The molecule has 2 heteroatoms. The molecule has 0 aromatic rings. The van der Waals surface area contributed by atoms with Crippen molar-refractivity contribution >= 4 is 25.3 Å². The van der Waals surface area contributed by atoms with Crippen LogP contribution in [-0.2, 0) is 0 Å². The van der Waals surface area contributed by atoms with Gasteiger partial charge in [0.25, 0.3) is 0 Å². The topological polar surface area (TPSA) is 0 Å². The molecule has 0 nitrogen and oxygen atoms in total. The number of hydrogen-bond acceptors (Lipinski definition) is 2. The predicted octanol–water partition coefficient (Wildman–Crippen LogP) is 4.21. The number of thiol groups is 2. The van der Waals surface area contributed by atoms with E-state index < -0.39 is 0 Å². The van der Waals surface area contributed by atoms with Gasteiger partial charge < -0.3 is 0 Å². The Kier molecular flexibility index (Phi) is 22.4. The maximum absolute atomic E-state index is 3.95. The second kappa shape index (κ2) is 17.7. The Morgan fingerprint density at radius 3 is 1.25 bits per heavy atom. The summed E-state index contributed by atoms with van der Waals surface area (Å²) in [4.78, 5) is 0. The summed E-state index contributed by atoms with van der Waals surface area (Å²) in [5.74, 6) is 1.92. The zero-order valence-corrected chi connectivity index (χ0v) is 10.3. The Labute approximate surface area is 89.3 Å². The van der Waals surface area contributed by atoms with Gasteiger partial charge in [-0.2, -0.15) is 25.3 Å². The average Bonchev–Trinajstić information content (AvgIpc) is 2.08. The molecule has 0 unspecified atom stereocenters. The first-order chi connectivity index (χ1) is 5.83. The molecule has 0 rings (SSSR count). The van der Waals surface area contributed by atoms with Gasteiger partial charge in [-0.25, -0.2) is 0 Å². The van der Waals surface area contributed by atoms with Crippen LogP contribution in [0.15, 0.2) is 0 Å². The summed E-state index contributed by atoms with van der Waals surface area (Å²) in [6.45, 7) is 4.49. The Hall–Kier alpha value is 0.700. The highest BCUT2D eigenvalue weighted by Gasteiger charge is 1.80. The summed E-state index contributed by atoms with van der Waals surface area (Å²) in [6.07, 6.45) is 8.13. The van der Waals surface area contributed by atoms with Gasteiger partial charge in [0.05, 0.1) is 0 Å². The molecule has 0 aliphatic carbocycles. The smallest absolute Gasteiger partial charge is 0.00901 e. The Morgan fingerprint density at radius 2 is 1.08 bits per heavy atom. The van der Waals surface area contributed by atoms with Gasteiger partial charge >= 0.3 is 0 Å². The molecule has 0 bridgehead atoms. The van der Waals surface area contributed by atoms with E-state index >= 15 is 0 Å². The Balaban J connectivity index is 0. The molecule has 0 saturated heterocycles. The van der Waals surface area contributed by atoms with E-state index in [1.807, 2.05) is 0 Å². The van der Waals surface area contributed by atoms with E-state index in [1.165, 1.54) is 32.1 Å². The van der Waals surface area contributed by atoms with Crippen molar-refractivity contribution in [2.24, 2.45) is 0 Å². The summed E-state index contributed by atoms with van der Waals surface area (Å²) in [6, 6.07) is 0. The lowest BCUT2D eigenvalue weighted by molar-refractivity contribution is 0.656. The lowest BCUT2D eigenvalue weighted by Crippen LogP contribution is -1.71. The standard InChI is InChI=1S/C7H16.C3H8S2/c1-3-5-7-6-4-2;4-2-1-3-5/h3-7H2,1-2H3;4-5H,1-3H2. The van der Waals surface area contributed by atoms with Gasteiger partial charge in [-0.15, -0.1) is 0 Å². The van der Waals surface area contributed by atoms with Crippen molar-refractivity contribution < 1.29 is 0 Å². The molecule has 0 saturated carbocycles. The van der Waals surface area contributed by atoms with Crippen LogP contribution in [0.25, 0.3) is 0 Å². The third-order valence-corrected chi connectivity index (χ3v) is 2.16. The van der Waals surface area contributed by atoms with Crippen LogP contribution in [0.5, 0.6) is 0 Å². The second-order valence-electron chi connectivity index (χ2n) is 2.86. The summed E-state index contributed by atoms with van der Waals surface area (Å²) < 4.78 is 0. The minimum absolute atomic E-state index is 0.962. The van der Waals surface area contributed by atoms with Crippen LogP contribution in [-0.4, -0.2) is 11.5 Å². The van der Waals surface area contributed by atoms with E-state index in [0.29, 0.717) is 0 Å². The molecule has 0 amide bonds. The molecular weight excluding hydrogens is 184 g/mol. The minimum atomic E-state index is 0.962. The van der Waals surface area contributed by atoms with E-state index in [2.05, 4.69) is 39.1 Å². The van der Waals surface area contributed by atoms with Crippen molar-refractivity contribution in [3.8, 4) is 0 Å². The van der Waals surface area contributed by atoms with Gasteiger partial charge in [-0.1, -0.05) is 46.0 Å². The largest absolute Gasteiger partial charge is 0.179 e. The molecule has 12 heavy (non-hydrogen) atoms. The third-order valence-electron chi connectivity index (χ3n) is 1.52. The van der Waals surface area contributed by atoms with Crippen molar-refractivity contribution in [3.05, 3.63) is 0 Å². The monoisotopic (exact) mass is 208 g/mol. The van der Waals surface area contributed by atoms with Crippen LogP contribution < -0.4 is 0 Å². The fourth-order valence-electron chi connectivity index (χ4n) is 0.747. The number of unbranched alkanes of at least 4 members (excludes halogenated alkanes) is 4. The quantitative estimate of drug-likeness (QED) is 0.474. The fraction of sp³-hybridized carbons (Fsp3) is 1.00. The van der Waals surface area contributed by atoms with Crippen molar-refractivity contribution in [1.82, 2.24) is 0 Å². The van der Waals surface area contributed by atoms with Crippen molar-refractivity contribution in [1.29, 1.82) is 0 Å². The normalized spacial score (nSPS) is 9.00. The SMILES string of the molecule is CCCCCCC.SCCCS. The van der Waals surface area contributed by atoms with Gasteiger partial charge in [0.2, 0.25) is 0 Å². The van der Waals surface area contributed by atoms with Gasteiger partial charge in [-0.05, 0) is 17.9 Å². The van der Waals surface area contributed by atoms with Crippen LogP contribution in [0.4, 0.5) is 0 Å². The summed E-state index contributed by atoms with van der Waals surface area (Å²) in [5.41, 5.74) is 0. The van der Waals surface area contributed by atoms with E-state index in [0.717, 1.165) is 17.9 Å². The first kappa shape index (κ1) is 15.2. The molecule has 0 N–H and O–H groups in total. The molecular formula is C10H24S2. The number of hydrogen-bond donors (Lipinski definition) is 2. The highest BCUT2D eigenvalue weighted by atomic mass is 32.1. The Morgan fingerprint density at radius 1 is 0.667 bits per heavy atom. The second-order valence-corrected chi connectivity index (χ2v) is 3.76. The van der Waals surface area contributed by atoms with E-state index in [9.17, 15) is 0 Å². The third kappa shape index (κ3) is 22.4. The predicted molar refractivity (Wildman–Crippen MR) is 66.8 cm³/mol. The lowest BCUT2D eigenvalue weighted by atomic mass is 10.2. The maximum atomic E-state index is 3.95. The molecule has 0 heterocycles. The average molecular weight is 208 g/mol. The molecule has 0 fully saturated rings. The van der Waals surface area contributed by atoms with Gasteiger partial charge in [0.1, 0.15) is 0 Å². The fourth-order valence-corrected chi connectivity index (χ4v) is 1.31. The van der Waals surface area contributed by atoms with Crippen LogP contribution in [0, 0.1) is 0 Å². The number of rotatable bonds is 6. The molecule has 76 valence electrons. The molecule has 0 aromatic heterocycles. The maximum Gasteiger partial charge on any atom is -0.00901 e. The van der Waals surface area contributed by atoms with Crippen molar-refractivity contribution in [3.63, 3.8) is 0 Å². The minimum Gasteiger partial charge on any atom is -0.179 e. The summed E-state index contributed by atoms with van der Waals surface area (Å²) in [5, 5.41) is 0. The van der Waals surface area contributed by atoms with Crippen molar-refractivity contribution in [2.45, 2.75) is 52.4 Å². The highest BCUT2D eigenvalue weighted by Crippen LogP contribution is 2.00. The van der Waals surface area contributed by atoms with Crippen LogP contribution >= 0.6 is 25.3 Å². The summed E-state index contributed by atoms with van der Waals surface area (Å²) in [7, 11) is 0. The molecule has 0 aromatic carbocycles. The molecule has 0 aliphatic heterocycles. The van der Waals surface area contributed by atoms with E-state index in [-0.39, 0.29) is 0 Å². The highest BCUT2D eigenvalue weighted by molar-refractivity contribution is 7.81. The molecule has 0 aliphatic rings. The van der Waals surface area contributed by atoms with Gasteiger partial charge in [0, 0.05) is 0 Å². The zero-order chi connectivity index (χ0) is 9.66. The van der Waals surface area contributed by atoms with Crippen molar-refractivity contribution in [2.75, 3.05) is 11.5 Å². The van der Waals surface area contributed by atoms with E-state index in [1.54, 1.807) is 0 Å². The van der Waals surface area contributed by atoms with Gasteiger partial charge in [-0.3, -0.25) is 0 Å². The van der Waals surface area contributed by atoms with Crippen LogP contribution in [0.3, 0.4) is 0 Å². The Bertz CT molecular complexity index is 49.8. The molecule has 0 radical (unpaired) electrons. The van der Waals surface area contributed by atoms with Gasteiger partial charge in [0.15, 0.2) is 0 Å². The first-order valence-electron chi connectivity index (χ1n) is 5.05. The zero-order valence-electron chi connectivity index (χ0n) is 8.55. The molecule has 0 spiro atoms.